The van der Waals surface area contributed by atoms with Crippen molar-refractivity contribution >= 4 is 10.9 Å². The second-order valence-electron chi connectivity index (χ2n) is 7.16. The number of hydrogen-bond donors (Lipinski definition) is 3. The van der Waals surface area contributed by atoms with Crippen molar-refractivity contribution in [2.45, 2.75) is 32.4 Å². The second kappa shape index (κ2) is 5.88. The lowest BCUT2D eigenvalue weighted by molar-refractivity contribution is 0.248. The van der Waals surface area contributed by atoms with Gasteiger partial charge < -0.3 is 10.1 Å². The van der Waals surface area contributed by atoms with Gasteiger partial charge in [0, 0.05) is 29.2 Å². The number of fused-ring (bicyclic) bond motifs is 3. The zero-order chi connectivity index (χ0) is 18.6. The molecule has 26 heavy (non-hydrogen) atoms. The van der Waals surface area contributed by atoms with E-state index < -0.39 is 17.3 Å². The predicted molar refractivity (Wildman–Crippen MR) is 99.8 cm³/mol. The third kappa shape index (κ3) is 2.31. The van der Waals surface area contributed by atoms with Crippen molar-refractivity contribution in [3.05, 3.63) is 61.9 Å². The Morgan fingerprint density at radius 3 is 2.65 bits per heavy atom. The van der Waals surface area contributed by atoms with Crippen molar-refractivity contribution in [2.24, 2.45) is 0 Å². The number of benzene rings is 1. The summed E-state index contributed by atoms with van der Waals surface area (Å²) in [6, 6.07) is 7.31. The molecule has 0 unspecified atom stereocenters. The van der Waals surface area contributed by atoms with Crippen LogP contribution in [0.4, 0.5) is 0 Å². The highest BCUT2D eigenvalue weighted by molar-refractivity contribution is 5.85. The van der Waals surface area contributed by atoms with E-state index in [1.165, 1.54) is 4.57 Å². The lowest BCUT2D eigenvalue weighted by atomic mass is 9.93. The van der Waals surface area contributed by atoms with Crippen LogP contribution in [0.2, 0.25) is 0 Å². The summed E-state index contributed by atoms with van der Waals surface area (Å²) in [6.07, 6.45) is 0.856. The molecular formula is C19H22N4O3. The van der Waals surface area contributed by atoms with Gasteiger partial charge in [0.25, 0.3) is 5.56 Å². The number of rotatable bonds is 2. The molecule has 0 bridgehead atoms. The van der Waals surface area contributed by atoms with E-state index in [0.717, 1.165) is 35.1 Å². The summed E-state index contributed by atoms with van der Waals surface area (Å²) in [6.45, 7) is 4.34. The van der Waals surface area contributed by atoms with Gasteiger partial charge in [-0.3, -0.25) is 19.2 Å². The molecule has 7 heteroatoms. The lowest BCUT2D eigenvalue weighted by Gasteiger charge is -2.33. The van der Waals surface area contributed by atoms with Crippen LogP contribution in [-0.2, 0) is 6.42 Å². The molecular weight excluding hydrogens is 332 g/mol. The third-order valence-corrected chi connectivity index (χ3v) is 5.22. The minimum absolute atomic E-state index is 0.202. The van der Waals surface area contributed by atoms with Crippen LogP contribution < -0.4 is 11.2 Å². The van der Waals surface area contributed by atoms with Crippen LogP contribution in [0.1, 0.15) is 42.8 Å². The summed E-state index contributed by atoms with van der Waals surface area (Å²) in [7, 11) is 1.92. The van der Waals surface area contributed by atoms with Crippen LogP contribution in [0, 0.1) is 0 Å². The summed E-state index contributed by atoms with van der Waals surface area (Å²) >= 11 is 0. The molecule has 7 nitrogen and oxygen atoms in total. The minimum atomic E-state index is -0.596. The Bertz CT molecular complexity index is 1110. The molecule has 136 valence electrons. The van der Waals surface area contributed by atoms with E-state index in [-0.39, 0.29) is 17.5 Å². The molecule has 0 spiro atoms. The quantitative estimate of drug-likeness (QED) is 0.655. The smallest absolute Gasteiger partial charge is 0.331 e. The standard InChI is InChI=1S/C19H22N4O3/c1-10(2)23-18(25)14(17(24)21-19(23)26)16-15-12(8-9-22(16)3)11-6-4-5-7-13(11)20-15/h4-7,10,16,20,25H,8-9H2,1-3H3,(H,21,24,26)/t16-/m0/s1. The molecule has 1 atom stereocenters. The number of aromatic hydroxyl groups is 1. The van der Waals surface area contributed by atoms with Crippen molar-refractivity contribution in [1.82, 2.24) is 19.4 Å². The molecule has 0 saturated heterocycles. The lowest BCUT2D eigenvalue weighted by Crippen LogP contribution is -2.40. The second-order valence-corrected chi connectivity index (χ2v) is 7.16. The van der Waals surface area contributed by atoms with Gasteiger partial charge in [-0.2, -0.15) is 0 Å². The Labute approximate surface area is 149 Å². The number of hydrogen-bond acceptors (Lipinski definition) is 4. The van der Waals surface area contributed by atoms with Crippen LogP contribution in [0.3, 0.4) is 0 Å². The molecule has 0 radical (unpaired) electrons. The largest absolute Gasteiger partial charge is 0.494 e. The summed E-state index contributed by atoms with van der Waals surface area (Å²) in [4.78, 5) is 32.6. The Morgan fingerprint density at radius 2 is 1.92 bits per heavy atom. The molecule has 0 aliphatic carbocycles. The van der Waals surface area contributed by atoms with E-state index >= 15 is 0 Å². The summed E-state index contributed by atoms with van der Waals surface area (Å²) in [5.74, 6) is -0.267. The van der Waals surface area contributed by atoms with Crippen LogP contribution in [-0.4, -0.2) is 38.1 Å². The van der Waals surface area contributed by atoms with Gasteiger partial charge in [0.2, 0.25) is 5.88 Å². The molecule has 4 rings (SSSR count). The number of aromatic nitrogens is 3. The van der Waals surface area contributed by atoms with Crippen molar-refractivity contribution in [1.29, 1.82) is 0 Å². The molecule has 0 saturated carbocycles. The van der Waals surface area contributed by atoms with Crippen LogP contribution >= 0.6 is 0 Å². The van der Waals surface area contributed by atoms with Gasteiger partial charge >= 0.3 is 5.69 Å². The summed E-state index contributed by atoms with van der Waals surface area (Å²) in [5, 5.41) is 11.9. The molecule has 0 fully saturated rings. The average molecular weight is 354 g/mol. The molecule has 2 aromatic heterocycles. The fourth-order valence-corrected chi connectivity index (χ4v) is 4.00. The van der Waals surface area contributed by atoms with Gasteiger partial charge in [-0.05, 0) is 38.9 Å². The molecule has 1 aliphatic rings. The number of nitrogens with one attached hydrogen (secondary N) is 2. The average Bonchev–Trinajstić information content (AvgIpc) is 2.94. The van der Waals surface area contributed by atoms with Gasteiger partial charge in [-0.25, -0.2) is 4.79 Å². The van der Waals surface area contributed by atoms with Crippen LogP contribution in [0.15, 0.2) is 33.9 Å². The number of H-pyrrole nitrogens is 2. The van der Waals surface area contributed by atoms with E-state index in [9.17, 15) is 14.7 Å². The first-order valence-corrected chi connectivity index (χ1v) is 8.77. The Balaban J connectivity index is 2.02. The van der Waals surface area contributed by atoms with Gasteiger partial charge in [0.05, 0.1) is 6.04 Å². The van der Waals surface area contributed by atoms with E-state index in [1.807, 2.05) is 30.1 Å². The van der Waals surface area contributed by atoms with Crippen molar-refractivity contribution in [3.8, 4) is 5.88 Å². The van der Waals surface area contributed by atoms with Gasteiger partial charge in [-0.15, -0.1) is 0 Å². The highest BCUT2D eigenvalue weighted by Gasteiger charge is 2.34. The fourth-order valence-electron chi connectivity index (χ4n) is 4.00. The first-order chi connectivity index (χ1) is 12.4. The number of aromatic amines is 2. The number of nitrogens with zero attached hydrogens (tertiary/aromatic N) is 2. The van der Waals surface area contributed by atoms with E-state index in [2.05, 4.69) is 16.0 Å². The topological polar surface area (TPSA) is 94.1 Å². The van der Waals surface area contributed by atoms with E-state index in [0.29, 0.717) is 0 Å². The Kier molecular flexibility index (Phi) is 3.77. The zero-order valence-electron chi connectivity index (χ0n) is 15.0. The van der Waals surface area contributed by atoms with Gasteiger partial charge in [0.1, 0.15) is 5.56 Å². The minimum Gasteiger partial charge on any atom is -0.494 e. The SMILES string of the molecule is CC(C)n1c(O)c([C@H]2c3[nH]c4ccccc4c3CCN2C)c(=O)[nH]c1=O. The number of para-hydroxylation sites is 1. The van der Waals surface area contributed by atoms with Crippen molar-refractivity contribution < 1.29 is 5.11 Å². The predicted octanol–water partition coefficient (Wildman–Crippen LogP) is 1.88. The normalized spacial score (nSPS) is 17.8. The maximum Gasteiger partial charge on any atom is 0.331 e. The summed E-state index contributed by atoms with van der Waals surface area (Å²) in [5.41, 5.74) is 2.12. The zero-order valence-corrected chi connectivity index (χ0v) is 15.0. The first-order valence-electron chi connectivity index (χ1n) is 8.77. The maximum absolute atomic E-state index is 12.6. The molecule has 3 aromatic rings. The fraction of sp³-hybridized carbons (Fsp3) is 0.368. The maximum atomic E-state index is 12.6. The van der Waals surface area contributed by atoms with Crippen molar-refractivity contribution in [3.63, 3.8) is 0 Å². The summed E-state index contributed by atoms with van der Waals surface area (Å²) < 4.78 is 1.22. The molecule has 3 N–H and O–H groups in total. The Hall–Kier alpha value is -2.80. The molecule has 1 aliphatic heterocycles. The highest BCUT2D eigenvalue weighted by Crippen LogP contribution is 2.38. The highest BCUT2D eigenvalue weighted by atomic mass is 16.3. The first kappa shape index (κ1) is 16.7. The van der Waals surface area contributed by atoms with E-state index in [1.54, 1.807) is 13.8 Å². The third-order valence-electron chi connectivity index (χ3n) is 5.22. The van der Waals surface area contributed by atoms with Gasteiger partial charge in [-0.1, -0.05) is 18.2 Å². The Morgan fingerprint density at radius 1 is 1.19 bits per heavy atom. The van der Waals surface area contributed by atoms with Crippen LogP contribution in [0.25, 0.3) is 10.9 Å². The van der Waals surface area contributed by atoms with Crippen LogP contribution in [0.5, 0.6) is 5.88 Å². The number of likely N-dealkylation sites (N-methyl/N-ethyl adjacent to an activating group) is 1. The monoisotopic (exact) mass is 354 g/mol. The van der Waals surface area contributed by atoms with Gasteiger partial charge in [0.15, 0.2) is 0 Å². The molecule has 3 heterocycles. The molecule has 1 aromatic carbocycles. The van der Waals surface area contributed by atoms with Crippen molar-refractivity contribution in [2.75, 3.05) is 13.6 Å². The molecule has 0 amide bonds. The van der Waals surface area contributed by atoms with E-state index in [4.69, 9.17) is 0 Å².